The predicted octanol–water partition coefficient (Wildman–Crippen LogP) is 1.38. The minimum absolute atomic E-state index is 0. The van der Waals surface area contributed by atoms with Crippen molar-refractivity contribution in [3.05, 3.63) is 29.3 Å². The lowest BCUT2D eigenvalue weighted by molar-refractivity contribution is 0.0938. The van der Waals surface area contributed by atoms with Gasteiger partial charge in [-0.05, 0) is 43.0 Å². The van der Waals surface area contributed by atoms with Crippen molar-refractivity contribution in [2.24, 2.45) is 0 Å². The highest BCUT2D eigenvalue weighted by atomic mass is 35.5. The second-order valence-electron chi connectivity index (χ2n) is 5.48. The second kappa shape index (κ2) is 6.23. The van der Waals surface area contributed by atoms with Crippen molar-refractivity contribution in [3.63, 3.8) is 0 Å². The molecule has 2 aliphatic rings. The van der Waals surface area contributed by atoms with E-state index in [0.29, 0.717) is 12.0 Å². The zero-order chi connectivity index (χ0) is 14.2. The van der Waals surface area contributed by atoms with Crippen LogP contribution in [0.5, 0.6) is 0 Å². The van der Waals surface area contributed by atoms with Gasteiger partial charge in [0.05, 0.1) is 11.5 Å². The maximum absolute atomic E-state index is 12.2. The molecule has 5 nitrogen and oxygen atoms in total. The topological polar surface area (TPSA) is 75.3 Å². The van der Waals surface area contributed by atoms with Crippen LogP contribution in [0, 0.1) is 0 Å². The molecule has 7 heteroatoms. The fourth-order valence-corrected chi connectivity index (χ4v) is 4.49. The number of rotatable bonds is 2. The number of hydrogen-bond donors (Lipinski definition) is 2. The Bertz CT molecular complexity index is 646. The molecule has 0 aliphatic carbocycles. The van der Waals surface area contributed by atoms with Crippen LogP contribution in [0.3, 0.4) is 0 Å². The second-order valence-corrected chi connectivity index (χ2v) is 7.70. The SMILES string of the molecule is Cl.O=C(NC1CCCS(=O)(=O)C1)c1ccc2c(c1)CCN2. The number of sulfone groups is 1. The summed E-state index contributed by atoms with van der Waals surface area (Å²) < 4.78 is 23.1. The molecule has 1 saturated heterocycles. The van der Waals surface area contributed by atoms with Gasteiger partial charge >= 0.3 is 0 Å². The molecule has 1 amide bonds. The Kier molecular flexibility index (Phi) is 4.78. The van der Waals surface area contributed by atoms with E-state index in [9.17, 15) is 13.2 Å². The van der Waals surface area contributed by atoms with E-state index in [-0.39, 0.29) is 35.9 Å². The molecule has 0 bridgehead atoms. The monoisotopic (exact) mass is 330 g/mol. The van der Waals surface area contributed by atoms with E-state index in [1.807, 2.05) is 12.1 Å². The van der Waals surface area contributed by atoms with Gasteiger partial charge < -0.3 is 10.6 Å². The fourth-order valence-electron chi connectivity index (χ4n) is 2.85. The van der Waals surface area contributed by atoms with E-state index in [0.717, 1.165) is 30.6 Å². The van der Waals surface area contributed by atoms with E-state index in [1.54, 1.807) is 6.07 Å². The quantitative estimate of drug-likeness (QED) is 0.859. The highest BCUT2D eigenvalue weighted by Crippen LogP contribution is 2.23. The molecule has 0 spiro atoms. The summed E-state index contributed by atoms with van der Waals surface area (Å²) in [6.45, 7) is 0.904. The van der Waals surface area contributed by atoms with E-state index < -0.39 is 9.84 Å². The summed E-state index contributed by atoms with van der Waals surface area (Å²) in [5.74, 6) is 0.122. The minimum Gasteiger partial charge on any atom is -0.384 e. The Hall–Kier alpha value is -1.27. The summed E-state index contributed by atoms with van der Waals surface area (Å²) in [4.78, 5) is 12.2. The average molecular weight is 331 g/mol. The van der Waals surface area contributed by atoms with E-state index in [4.69, 9.17) is 0 Å². The Morgan fingerprint density at radius 1 is 1.33 bits per heavy atom. The van der Waals surface area contributed by atoms with Crippen LogP contribution in [-0.2, 0) is 16.3 Å². The van der Waals surface area contributed by atoms with Crippen LogP contribution in [0.1, 0.15) is 28.8 Å². The molecule has 1 aromatic carbocycles. The molecule has 21 heavy (non-hydrogen) atoms. The van der Waals surface area contributed by atoms with Gasteiger partial charge in [-0.15, -0.1) is 12.4 Å². The number of anilines is 1. The molecule has 2 heterocycles. The number of nitrogens with one attached hydrogen (secondary N) is 2. The molecule has 0 radical (unpaired) electrons. The smallest absolute Gasteiger partial charge is 0.251 e. The van der Waals surface area contributed by atoms with Gasteiger partial charge in [0.2, 0.25) is 0 Å². The lowest BCUT2D eigenvalue weighted by atomic mass is 10.1. The van der Waals surface area contributed by atoms with Gasteiger partial charge in [-0.25, -0.2) is 8.42 Å². The first-order chi connectivity index (χ1) is 9.53. The summed E-state index contributed by atoms with van der Waals surface area (Å²) in [5.41, 5.74) is 2.84. The summed E-state index contributed by atoms with van der Waals surface area (Å²) in [6, 6.07) is 5.33. The molecular formula is C14H19ClN2O3S. The Balaban J connectivity index is 0.00000161. The van der Waals surface area contributed by atoms with Crippen molar-refractivity contribution in [1.82, 2.24) is 5.32 Å². The summed E-state index contributed by atoms with van der Waals surface area (Å²) in [6.07, 6.45) is 2.28. The number of fused-ring (bicyclic) bond motifs is 1. The molecule has 2 aliphatic heterocycles. The standard InChI is InChI=1S/C14H18N2O3S.ClH/c17-14(16-12-2-1-7-20(18,19)9-12)11-3-4-13-10(8-11)5-6-15-13;/h3-4,8,12,15H,1-2,5-7,9H2,(H,16,17);1H. The number of carbonyl (C=O) groups excluding carboxylic acids is 1. The van der Waals surface area contributed by atoms with E-state index in [1.165, 1.54) is 0 Å². The van der Waals surface area contributed by atoms with Gasteiger partial charge in [0.1, 0.15) is 0 Å². The van der Waals surface area contributed by atoms with Crippen molar-refractivity contribution in [2.45, 2.75) is 25.3 Å². The maximum atomic E-state index is 12.2. The van der Waals surface area contributed by atoms with Gasteiger partial charge in [-0.3, -0.25) is 4.79 Å². The third-order valence-corrected chi connectivity index (χ3v) is 5.70. The van der Waals surface area contributed by atoms with Gasteiger partial charge in [-0.2, -0.15) is 0 Å². The van der Waals surface area contributed by atoms with Crippen molar-refractivity contribution in [1.29, 1.82) is 0 Å². The normalized spacial score (nSPS) is 22.6. The number of hydrogen-bond acceptors (Lipinski definition) is 4. The van der Waals surface area contributed by atoms with Gasteiger partial charge in [0.25, 0.3) is 5.91 Å². The van der Waals surface area contributed by atoms with E-state index in [2.05, 4.69) is 10.6 Å². The van der Waals surface area contributed by atoms with Gasteiger partial charge in [0, 0.05) is 23.8 Å². The first kappa shape index (κ1) is 16.1. The van der Waals surface area contributed by atoms with Crippen LogP contribution < -0.4 is 10.6 Å². The Morgan fingerprint density at radius 3 is 2.90 bits per heavy atom. The zero-order valence-corrected chi connectivity index (χ0v) is 13.2. The summed E-state index contributed by atoms with van der Waals surface area (Å²) in [7, 11) is -2.99. The molecule has 1 unspecified atom stereocenters. The fraction of sp³-hybridized carbons (Fsp3) is 0.500. The zero-order valence-electron chi connectivity index (χ0n) is 11.6. The number of amides is 1. The Labute approximate surface area is 130 Å². The molecule has 3 rings (SSSR count). The van der Waals surface area contributed by atoms with Crippen LogP contribution in [-0.4, -0.2) is 38.4 Å². The molecule has 0 aromatic heterocycles. The maximum Gasteiger partial charge on any atom is 0.251 e. The Morgan fingerprint density at radius 2 is 2.14 bits per heavy atom. The minimum atomic E-state index is -2.99. The molecule has 1 aromatic rings. The first-order valence-corrected chi connectivity index (χ1v) is 8.74. The number of carbonyl (C=O) groups is 1. The lowest BCUT2D eigenvalue weighted by Crippen LogP contribution is -2.43. The van der Waals surface area contributed by atoms with Crippen molar-refractivity contribution < 1.29 is 13.2 Å². The van der Waals surface area contributed by atoms with Crippen LogP contribution in [0.2, 0.25) is 0 Å². The summed E-state index contributed by atoms with van der Waals surface area (Å²) >= 11 is 0. The molecule has 1 atom stereocenters. The lowest BCUT2D eigenvalue weighted by Gasteiger charge is -2.23. The number of benzene rings is 1. The third-order valence-electron chi connectivity index (χ3n) is 3.88. The molecule has 1 fully saturated rings. The highest BCUT2D eigenvalue weighted by Gasteiger charge is 2.26. The average Bonchev–Trinajstić information content (AvgIpc) is 2.84. The first-order valence-electron chi connectivity index (χ1n) is 6.92. The molecule has 116 valence electrons. The van der Waals surface area contributed by atoms with Gasteiger partial charge in [-0.1, -0.05) is 0 Å². The highest BCUT2D eigenvalue weighted by molar-refractivity contribution is 7.91. The number of halogens is 1. The predicted molar refractivity (Wildman–Crippen MR) is 85.0 cm³/mol. The van der Waals surface area contributed by atoms with Crippen LogP contribution in [0.25, 0.3) is 0 Å². The molecule has 2 N–H and O–H groups in total. The van der Waals surface area contributed by atoms with E-state index >= 15 is 0 Å². The molecular weight excluding hydrogens is 312 g/mol. The van der Waals surface area contributed by atoms with Crippen LogP contribution in [0.15, 0.2) is 18.2 Å². The third kappa shape index (κ3) is 3.68. The van der Waals surface area contributed by atoms with Crippen molar-refractivity contribution in [3.8, 4) is 0 Å². The van der Waals surface area contributed by atoms with Crippen LogP contribution >= 0.6 is 12.4 Å². The van der Waals surface area contributed by atoms with Crippen LogP contribution in [0.4, 0.5) is 5.69 Å². The molecule has 0 saturated carbocycles. The van der Waals surface area contributed by atoms with Gasteiger partial charge in [0.15, 0.2) is 9.84 Å². The summed E-state index contributed by atoms with van der Waals surface area (Å²) in [5, 5.41) is 6.09. The largest absolute Gasteiger partial charge is 0.384 e. The van der Waals surface area contributed by atoms with Crippen molar-refractivity contribution >= 4 is 33.8 Å². The van der Waals surface area contributed by atoms with Crippen molar-refractivity contribution in [2.75, 3.05) is 23.4 Å².